The van der Waals surface area contributed by atoms with Crippen LogP contribution in [0.2, 0.25) is 0 Å². The first-order valence-corrected chi connectivity index (χ1v) is 8.22. The molecule has 0 aromatic heterocycles. The Kier molecular flexibility index (Phi) is 8.69. The van der Waals surface area contributed by atoms with Gasteiger partial charge in [0.15, 0.2) is 0 Å². The second kappa shape index (κ2) is 9.10. The zero-order valence-corrected chi connectivity index (χ0v) is 14.0. The average molecular weight is 304 g/mol. The van der Waals surface area contributed by atoms with E-state index in [1.165, 1.54) is 0 Å². The van der Waals surface area contributed by atoms with Crippen LogP contribution in [0.15, 0.2) is 0 Å². The highest BCUT2D eigenvalue weighted by Gasteiger charge is 2.24. The van der Waals surface area contributed by atoms with E-state index in [2.05, 4.69) is 17.6 Å². The Morgan fingerprint density at radius 2 is 1.85 bits per heavy atom. The number of carbonyl (C=O) groups excluding carboxylic acids is 1. The largest absolute Gasteiger partial charge is 0.481 e. The maximum Gasteiger partial charge on any atom is 0.314 e. The third-order valence-electron chi connectivity index (χ3n) is 2.96. The smallest absolute Gasteiger partial charge is 0.314 e. The minimum absolute atomic E-state index is 0.0744. The summed E-state index contributed by atoms with van der Waals surface area (Å²) in [6.45, 7) is 8.85. The Bertz CT molecular complexity index is 316. The van der Waals surface area contributed by atoms with Gasteiger partial charge >= 0.3 is 12.0 Å². The molecule has 0 saturated heterocycles. The first-order chi connectivity index (χ1) is 9.15. The van der Waals surface area contributed by atoms with Gasteiger partial charge in [-0.1, -0.05) is 27.7 Å². The second-order valence-electron chi connectivity index (χ2n) is 6.27. The number of nitrogens with one attached hydrogen (secondary N) is 2. The van der Waals surface area contributed by atoms with Gasteiger partial charge in [-0.05, 0) is 24.5 Å². The Morgan fingerprint density at radius 3 is 2.30 bits per heavy atom. The van der Waals surface area contributed by atoms with Crippen molar-refractivity contribution in [3.05, 3.63) is 0 Å². The van der Waals surface area contributed by atoms with Crippen molar-refractivity contribution < 1.29 is 14.7 Å². The maximum absolute atomic E-state index is 11.6. The van der Waals surface area contributed by atoms with Gasteiger partial charge in [0, 0.05) is 18.3 Å². The molecule has 3 N–H and O–H groups in total. The van der Waals surface area contributed by atoms with Crippen molar-refractivity contribution in [2.24, 2.45) is 11.3 Å². The second-order valence-corrected chi connectivity index (χ2v) is 7.55. The van der Waals surface area contributed by atoms with Gasteiger partial charge in [0.05, 0.1) is 5.92 Å². The summed E-state index contributed by atoms with van der Waals surface area (Å²) in [5, 5.41) is 15.0. The number of aliphatic carboxylic acids is 1. The molecule has 0 fully saturated rings. The molecule has 20 heavy (non-hydrogen) atoms. The lowest BCUT2D eigenvalue weighted by molar-refractivity contribution is -0.142. The molecule has 6 heteroatoms. The summed E-state index contributed by atoms with van der Waals surface area (Å²) in [6.07, 6.45) is 3.47. The summed E-state index contributed by atoms with van der Waals surface area (Å²) >= 11 is 1.76. The van der Waals surface area contributed by atoms with E-state index in [1.807, 2.05) is 27.0 Å². The number of amides is 2. The van der Waals surface area contributed by atoms with Crippen LogP contribution in [-0.4, -0.2) is 41.7 Å². The number of thioether (sulfide) groups is 1. The van der Waals surface area contributed by atoms with Crippen molar-refractivity contribution in [2.45, 2.75) is 45.8 Å². The summed E-state index contributed by atoms with van der Waals surface area (Å²) < 4.78 is 0. The standard InChI is InChI=1S/C14H28N2O3S/c1-10(20-5)6-7-15-13(19)16-9-11(12(17)18)8-14(2,3)4/h10-11H,6-9H2,1-5H3,(H,17,18)(H2,15,16,19). The molecule has 0 saturated carbocycles. The monoisotopic (exact) mass is 304 g/mol. The van der Waals surface area contributed by atoms with E-state index in [4.69, 9.17) is 5.11 Å². The molecular weight excluding hydrogens is 276 g/mol. The van der Waals surface area contributed by atoms with Crippen LogP contribution in [0.3, 0.4) is 0 Å². The third-order valence-corrected chi connectivity index (χ3v) is 4.00. The van der Waals surface area contributed by atoms with Crippen LogP contribution < -0.4 is 10.6 Å². The van der Waals surface area contributed by atoms with E-state index < -0.39 is 11.9 Å². The van der Waals surface area contributed by atoms with E-state index in [0.29, 0.717) is 18.2 Å². The van der Waals surface area contributed by atoms with E-state index in [9.17, 15) is 9.59 Å². The summed E-state index contributed by atoms with van der Waals surface area (Å²) in [7, 11) is 0. The van der Waals surface area contributed by atoms with Gasteiger partial charge < -0.3 is 15.7 Å². The number of rotatable bonds is 8. The van der Waals surface area contributed by atoms with Crippen LogP contribution in [-0.2, 0) is 4.79 Å². The van der Waals surface area contributed by atoms with Gasteiger partial charge in [-0.3, -0.25) is 4.79 Å². The molecule has 2 atom stereocenters. The number of urea groups is 1. The Balaban J connectivity index is 4.03. The Morgan fingerprint density at radius 1 is 1.25 bits per heavy atom. The molecule has 0 spiro atoms. The quantitative estimate of drug-likeness (QED) is 0.644. The van der Waals surface area contributed by atoms with Crippen molar-refractivity contribution in [1.29, 1.82) is 0 Å². The number of carbonyl (C=O) groups is 2. The molecule has 2 unspecified atom stereocenters. The molecule has 0 radical (unpaired) electrons. The lowest BCUT2D eigenvalue weighted by Crippen LogP contribution is -2.41. The van der Waals surface area contributed by atoms with Crippen LogP contribution in [0.5, 0.6) is 0 Å². The fraction of sp³-hybridized carbons (Fsp3) is 0.857. The van der Waals surface area contributed by atoms with Crippen molar-refractivity contribution >= 4 is 23.8 Å². The predicted octanol–water partition coefficient (Wildman–Crippen LogP) is 2.56. The SMILES string of the molecule is CSC(C)CCNC(=O)NCC(CC(C)(C)C)C(=O)O. The molecule has 2 amide bonds. The lowest BCUT2D eigenvalue weighted by atomic mass is 9.84. The minimum atomic E-state index is -0.865. The fourth-order valence-electron chi connectivity index (χ4n) is 1.77. The zero-order valence-electron chi connectivity index (χ0n) is 13.2. The van der Waals surface area contributed by atoms with Gasteiger partial charge in [0.25, 0.3) is 0 Å². The molecule has 0 rings (SSSR count). The van der Waals surface area contributed by atoms with Crippen LogP contribution in [0, 0.1) is 11.3 Å². The predicted molar refractivity (Wildman–Crippen MR) is 84.2 cm³/mol. The molecular formula is C14H28N2O3S. The van der Waals surface area contributed by atoms with Gasteiger partial charge in [0.2, 0.25) is 0 Å². The third kappa shape index (κ3) is 9.95. The molecule has 0 aromatic carbocycles. The van der Waals surface area contributed by atoms with Crippen LogP contribution >= 0.6 is 11.8 Å². The first-order valence-electron chi connectivity index (χ1n) is 6.93. The number of carboxylic acids is 1. The molecule has 0 aliphatic carbocycles. The topological polar surface area (TPSA) is 78.4 Å². The highest BCUT2D eigenvalue weighted by molar-refractivity contribution is 7.99. The van der Waals surface area contributed by atoms with Gasteiger partial charge in [0.1, 0.15) is 0 Å². The number of hydrogen-bond acceptors (Lipinski definition) is 3. The van der Waals surface area contributed by atoms with Gasteiger partial charge in [-0.2, -0.15) is 11.8 Å². The van der Waals surface area contributed by atoms with E-state index in [-0.39, 0.29) is 18.0 Å². The fourth-order valence-corrected chi connectivity index (χ4v) is 2.12. The molecule has 0 heterocycles. The van der Waals surface area contributed by atoms with Gasteiger partial charge in [-0.15, -0.1) is 0 Å². The van der Waals surface area contributed by atoms with Crippen molar-refractivity contribution in [3.8, 4) is 0 Å². The molecule has 0 bridgehead atoms. The van der Waals surface area contributed by atoms with Crippen molar-refractivity contribution in [1.82, 2.24) is 10.6 Å². The van der Waals surface area contributed by atoms with E-state index >= 15 is 0 Å². The maximum atomic E-state index is 11.6. The van der Waals surface area contributed by atoms with E-state index in [1.54, 1.807) is 11.8 Å². The lowest BCUT2D eigenvalue weighted by Gasteiger charge is -2.23. The number of carboxylic acid groups (broad SMARTS) is 1. The van der Waals surface area contributed by atoms with Crippen molar-refractivity contribution in [3.63, 3.8) is 0 Å². The zero-order chi connectivity index (χ0) is 15.8. The molecule has 0 aliphatic rings. The Hall–Kier alpha value is -0.910. The first kappa shape index (κ1) is 19.1. The van der Waals surface area contributed by atoms with Crippen molar-refractivity contribution in [2.75, 3.05) is 19.3 Å². The minimum Gasteiger partial charge on any atom is -0.481 e. The highest BCUT2D eigenvalue weighted by atomic mass is 32.2. The molecule has 0 aromatic rings. The highest BCUT2D eigenvalue weighted by Crippen LogP contribution is 2.24. The summed E-state index contributed by atoms with van der Waals surface area (Å²) in [6, 6.07) is -0.293. The summed E-state index contributed by atoms with van der Waals surface area (Å²) in [4.78, 5) is 22.7. The van der Waals surface area contributed by atoms with E-state index in [0.717, 1.165) is 6.42 Å². The summed E-state index contributed by atoms with van der Waals surface area (Å²) in [5.41, 5.74) is -0.0744. The van der Waals surface area contributed by atoms with Gasteiger partial charge in [-0.25, -0.2) is 4.79 Å². The number of hydrogen-bond donors (Lipinski definition) is 3. The summed E-state index contributed by atoms with van der Waals surface area (Å²) in [5.74, 6) is -1.41. The molecule has 5 nitrogen and oxygen atoms in total. The van der Waals surface area contributed by atoms with Crippen LogP contribution in [0.25, 0.3) is 0 Å². The molecule has 0 aliphatic heterocycles. The average Bonchev–Trinajstić information content (AvgIpc) is 2.32. The normalized spacial score (nSPS) is 14.4. The molecule has 118 valence electrons. The van der Waals surface area contributed by atoms with Crippen LogP contribution in [0.1, 0.15) is 40.5 Å². The van der Waals surface area contributed by atoms with Crippen LogP contribution in [0.4, 0.5) is 4.79 Å². The Labute approximate surface area is 126 Å².